The molecule has 3 aromatic rings. The predicted octanol–water partition coefficient (Wildman–Crippen LogP) is 3.84. The molecule has 5 rings (SSSR count). The lowest BCUT2D eigenvalue weighted by Crippen LogP contribution is -2.57. The van der Waals surface area contributed by atoms with E-state index in [1.165, 1.54) is 12.0 Å². The van der Waals surface area contributed by atoms with Crippen molar-refractivity contribution < 1.29 is 28.6 Å². The zero-order valence-electron chi connectivity index (χ0n) is 27.1. The van der Waals surface area contributed by atoms with Gasteiger partial charge in [-0.05, 0) is 73.7 Å². The van der Waals surface area contributed by atoms with Crippen molar-refractivity contribution in [3.05, 3.63) is 86.8 Å². The molecule has 3 amide bonds. The molecule has 0 radical (unpaired) electrons. The van der Waals surface area contributed by atoms with E-state index in [-0.39, 0.29) is 48.5 Å². The molecule has 0 saturated carbocycles. The van der Waals surface area contributed by atoms with Crippen molar-refractivity contribution in [1.82, 2.24) is 19.7 Å². The van der Waals surface area contributed by atoms with Crippen LogP contribution in [0.1, 0.15) is 64.2 Å². The Kier molecular flexibility index (Phi) is 10.1. The van der Waals surface area contributed by atoms with Crippen molar-refractivity contribution in [2.24, 2.45) is 7.05 Å². The number of hydrogen-bond donors (Lipinski definition) is 1. The van der Waals surface area contributed by atoms with Gasteiger partial charge in [0.25, 0.3) is 17.4 Å². The van der Waals surface area contributed by atoms with Gasteiger partial charge in [0.1, 0.15) is 11.3 Å². The number of pyridine rings is 1. The number of carbonyl (C=O) groups is 3. The van der Waals surface area contributed by atoms with E-state index in [2.05, 4.69) is 5.32 Å². The fourth-order valence-electron chi connectivity index (χ4n) is 6.25. The molecule has 46 heavy (non-hydrogen) atoms. The summed E-state index contributed by atoms with van der Waals surface area (Å²) < 4.78 is 19.6. The molecule has 1 fully saturated rings. The van der Waals surface area contributed by atoms with Gasteiger partial charge in [0.2, 0.25) is 5.91 Å². The number of ether oxygens (including phenoxy) is 3. The number of benzene rings is 2. The minimum atomic E-state index is -0.567. The van der Waals surface area contributed by atoms with Crippen molar-refractivity contribution >= 4 is 17.7 Å². The first kappa shape index (κ1) is 32.7. The molecule has 3 heterocycles. The van der Waals surface area contributed by atoms with Gasteiger partial charge in [-0.3, -0.25) is 19.2 Å². The van der Waals surface area contributed by atoms with Gasteiger partial charge in [-0.15, -0.1) is 0 Å². The highest BCUT2D eigenvalue weighted by Gasteiger charge is 2.35. The third-order valence-electron chi connectivity index (χ3n) is 8.63. The summed E-state index contributed by atoms with van der Waals surface area (Å²) in [6.45, 7) is 6.77. The van der Waals surface area contributed by atoms with Crippen LogP contribution in [0, 0.1) is 6.92 Å². The summed E-state index contributed by atoms with van der Waals surface area (Å²) in [6.07, 6.45) is 1.19. The van der Waals surface area contributed by atoms with Crippen LogP contribution in [-0.4, -0.2) is 77.5 Å². The van der Waals surface area contributed by atoms with Crippen LogP contribution >= 0.6 is 0 Å². The summed E-state index contributed by atoms with van der Waals surface area (Å²) in [5, 5.41) is 3.08. The Labute approximate surface area is 269 Å². The molecule has 11 nitrogen and oxygen atoms in total. The van der Waals surface area contributed by atoms with Gasteiger partial charge >= 0.3 is 0 Å². The zero-order chi connectivity index (χ0) is 33.0. The van der Waals surface area contributed by atoms with E-state index in [1.54, 1.807) is 46.8 Å². The van der Waals surface area contributed by atoms with E-state index in [1.807, 2.05) is 39.0 Å². The largest absolute Gasteiger partial charge is 0.493 e. The van der Waals surface area contributed by atoms with Gasteiger partial charge < -0.3 is 33.9 Å². The minimum Gasteiger partial charge on any atom is -0.493 e. The number of likely N-dealkylation sites (tertiary alicyclic amines) is 1. The highest BCUT2D eigenvalue weighted by atomic mass is 16.5. The number of fused-ring (bicyclic) bond motifs is 5. The minimum absolute atomic E-state index is 0.116. The molecular weight excluding hydrogens is 588 g/mol. The second-order valence-electron chi connectivity index (χ2n) is 11.8. The van der Waals surface area contributed by atoms with Crippen LogP contribution in [0.5, 0.6) is 17.2 Å². The molecule has 2 aliphatic rings. The van der Waals surface area contributed by atoms with Crippen LogP contribution in [0.4, 0.5) is 0 Å². The Morgan fingerprint density at radius 3 is 2.63 bits per heavy atom. The number of carbonyl (C=O) groups excluding carboxylic acids is 3. The van der Waals surface area contributed by atoms with Gasteiger partial charge in [0.05, 0.1) is 32.4 Å². The summed E-state index contributed by atoms with van der Waals surface area (Å²) in [4.78, 5) is 57.1. The lowest BCUT2D eigenvalue weighted by molar-refractivity contribution is -0.124. The average molecular weight is 631 g/mol. The van der Waals surface area contributed by atoms with Crippen molar-refractivity contribution in [2.75, 3.05) is 33.3 Å². The molecule has 244 valence electrons. The summed E-state index contributed by atoms with van der Waals surface area (Å²) in [5.74, 6) is 0.381. The van der Waals surface area contributed by atoms with E-state index < -0.39 is 12.1 Å². The van der Waals surface area contributed by atoms with Gasteiger partial charge in [0, 0.05) is 37.9 Å². The van der Waals surface area contributed by atoms with Gasteiger partial charge in [-0.25, -0.2) is 0 Å². The maximum Gasteiger partial charge on any atom is 0.263 e. The average Bonchev–Trinajstić information content (AvgIpc) is 3.05. The maximum absolute atomic E-state index is 13.7. The van der Waals surface area contributed by atoms with E-state index in [9.17, 15) is 19.2 Å². The van der Waals surface area contributed by atoms with Crippen LogP contribution in [0.25, 0.3) is 0 Å². The number of nitrogens with one attached hydrogen (secondary N) is 1. The van der Waals surface area contributed by atoms with Crippen LogP contribution in [0.2, 0.25) is 0 Å². The number of amides is 3. The highest BCUT2D eigenvalue weighted by molar-refractivity contribution is 5.97. The van der Waals surface area contributed by atoms with Crippen LogP contribution in [0.15, 0.2) is 53.3 Å². The van der Waals surface area contributed by atoms with Crippen molar-refractivity contribution in [1.29, 1.82) is 0 Å². The molecule has 4 bridgehead atoms. The summed E-state index contributed by atoms with van der Waals surface area (Å²) in [6, 6.07) is 13.6. The monoisotopic (exact) mass is 630 g/mol. The van der Waals surface area contributed by atoms with Crippen LogP contribution in [0.3, 0.4) is 0 Å². The van der Waals surface area contributed by atoms with E-state index in [0.717, 1.165) is 16.8 Å². The van der Waals surface area contributed by atoms with E-state index in [0.29, 0.717) is 55.2 Å². The second kappa shape index (κ2) is 14.2. The fraction of sp³-hybridized carbons (Fsp3) is 0.429. The third-order valence-corrected chi connectivity index (χ3v) is 8.63. The first-order valence-electron chi connectivity index (χ1n) is 15.8. The maximum atomic E-state index is 13.7. The van der Waals surface area contributed by atoms with E-state index >= 15 is 0 Å². The molecule has 0 aliphatic carbocycles. The fourth-order valence-corrected chi connectivity index (χ4v) is 6.25. The van der Waals surface area contributed by atoms with Crippen LogP contribution in [-0.2, 0) is 29.6 Å². The smallest absolute Gasteiger partial charge is 0.263 e. The van der Waals surface area contributed by atoms with Gasteiger partial charge in [-0.1, -0.05) is 26.0 Å². The number of rotatable bonds is 5. The Morgan fingerprint density at radius 2 is 1.89 bits per heavy atom. The number of hydrogen-bond acceptors (Lipinski definition) is 7. The lowest BCUT2D eigenvalue weighted by Gasteiger charge is -2.39. The summed E-state index contributed by atoms with van der Waals surface area (Å²) >= 11 is 0. The predicted molar refractivity (Wildman–Crippen MR) is 173 cm³/mol. The van der Waals surface area contributed by atoms with Gasteiger partial charge in [0.15, 0.2) is 11.5 Å². The molecular formula is C35H42N4O7. The first-order valence-corrected chi connectivity index (χ1v) is 15.8. The normalized spacial score (nSPS) is 18.8. The Bertz CT molecular complexity index is 1680. The third kappa shape index (κ3) is 6.94. The van der Waals surface area contributed by atoms with Crippen molar-refractivity contribution in [3.8, 4) is 17.2 Å². The Morgan fingerprint density at radius 1 is 1.09 bits per heavy atom. The standard InChI is InChI=1S/C35H42N4O7/c1-6-14-38-20-32(40)36-27-13-15-39(35(43)26-16-22(3)28(7-2)37(4)34(26)42)19-31(27)45-21-23-9-8-10-25(17-23)46-30-18-24(33(38)41)11-12-29(30)44-5/h8-12,16-18,27,31H,6-7,13-15,19-21H2,1-5H3,(H,36,40)/t27-,31-/m0/s1. The second-order valence-corrected chi connectivity index (χ2v) is 11.8. The first-order chi connectivity index (χ1) is 22.1. The van der Waals surface area contributed by atoms with Crippen molar-refractivity contribution in [3.63, 3.8) is 0 Å². The molecule has 2 aromatic carbocycles. The van der Waals surface area contributed by atoms with Crippen LogP contribution < -0.4 is 20.3 Å². The topological polar surface area (TPSA) is 119 Å². The number of aromatic nitrogens is 1. The summed E-state index contributed by atoms with van der Waals surface area (Å²) in [5.41, 5.74) is 2.75. The molecule has 1 aromatic heterocycles. The zero-order valence-corrected chi connectivity index (χ0v) is 27.1. The highest BCUT2D eigenvalue weighted by Crippen LogP contribution is 2.33. The summed E-state index contributed by atoms with van der Waals surface area (Å²) in [7, 11) is 3.22. The van der Waals surface area contributed by atoms with Crippen molar-refractivity contribution in [2.45, 2.75) is 58.8 Å². The molecule has 2 aliphatic heterocycles. The number of methoxy groups -OCH3 is 1. The number of aryl methyl sites for hydroxylation is 1. The molecule has 0 spiro atoms. The molecule has 1 saturated heterocycles. The lowest BCUT2D eigenvalue weighted by atomic mass is 10.00. The number of piperidine rings is 1. The molecule has 0 unspecified atom stereocenters. The quantitative estimate of drug-likeness (QED) is 0.455. The Balaban J connectivity index is 1.46. The SMILES string of the molecule is CCCN1CC(=O)N[C@H]2CCN(C(=O)c3cc(C)c(CC)n(C)c3=O)C[C@@H]2OCc2cccc(c2)Oc2cc(ccc2OC)C1=O. The Hall–Kier alpha value is -4.64. The molecule has 2 atom stereocenters. The van der Waals surface area contributed by atoms with Gasteiger partial charge in [-0.2, -0.15) is 0 Å². The molecule has 1 N–H and O–H groups in total. The van der Waals surface area contributed by atoms with E-state index in [4.69, 9.17) is 14.2 Å². The molecule has 11 heteroatoms. The number of nitrogens with zero attached hydrogens (tertiary/aromatic N) is 3.